The molecular formula is C43H24N2O3S. The van der Waals surface area contributed by atoms with Gasteiger partial charge in [-0.25, -0.2) is 4.98 Å². The second-order valence-electron chi connectivity index (χ2n) is 12.3. The Kier molecular flexibility index (Phi) is 5.48. The summed E-state index contributed by atoms with van der Waals surface area (Å²) >= 11 is 1.78. The molecule has 0 radical (unpaired) electrons. The number of aromatic nitrogens is 1. The van der Waals surface area contributed by atoms with Crippen molar-refractivity contribution in [2.75, 3.05) is 4.90 Å². The Morgan fingerprint density at radius 3 is 1.90 bits per heavy atom. The summed E-state index contributed by atoms with van der Waals surface area (Å²) in [4.78, 5) is 7.15. The maximum absolute atomic E-state index is 6.36. The van der Waals surface area contributed by atoms with Gasteiger partial charge in [-0.15, -0.1) is 11.3 Å². The molecule has 0 aliphatic carbocycles. The Morgan fingerprint density at radius 2 is 1.06 bits per heavy atom. The van der Waals surface area contributed by atoms with Gasteiger partial charge in [-0.3, -0.25) is 0 Å². The first-order chi connectivity index (χ1) is 24.2. The van der Waals surface area contributed by atoms with E-state index in [1.54, 1.807) is 11.3 Å². The second kappa shape index (κ2) is 10.1. The number of furan rings is 2. The lowest BCUT2D eigenvalue weighted by molar-refractivity contribution is 0.620. The first kappa shape index (κ1) is 26.7. The summed E-state index contributed by atoms with van der Waals surface area (Å²) < 4.78 is 21.2. The van der Waals surface area contributed by atoms with Crippen LogP contribution in [0.5, 0.6) is 0 Å². The lowest BCUT2D eigenvalue weighted by Crippen LogP contribution is -2.09. The molecule has 11 aromatic rings. The zero-order valence-corrected chi connectivity index (χ0v) is 26.7. The second-order valence-corrected chi connectivity index (χ2v) is 13.4. The van der Waals surface area contributed by atoms with Crippen LogP contribution in [0.25, 0.3) is 86.6 Å². The normalized spacial score (nSPS) is 12.1. The molecule has 6 heteroatoms. The van der Waals surface area contributed by atoms with E-state index in [4.69, 9.17) is 18.2 Å². The number of thiophene rings is 1. The fraction of sp³-hybridized carbons (Fsp3) is 0. The van der Waals surface area contributed by atoms with Crippen LogP contribution in [0.4, 0.5) is 17.1 Å². The minimum atomic E-state index is 0.636. The third-order valence-electron chi connectivity index (χ3n) is 9.50. The van der Waals surface area contributed by atoms with Gasteiger partial charge in [0, 0.05) is 70.4 Å². The number of rotatable bonds is 4. The van der Waals surface area contributed by atoms with E-state index < -0.39 is 0 Å². The summed E-state index contributed by atoms with van der Waals surface area (Å²) in [7, 11) is 0. The summed E-state index contributed by atoms with van der Waals surface area (Å²) in [6, 6.07) is 50.3. The summed E-state index contributed by atoms with van der Waals surface area (Å²) in [5, 5.41) is 6.71. The third kappa shape index (κ3) is 4.01. The van der Waals surface area contributed by atoms with Crippen molar-refractivity contribution in [3.05, 3.63) is 146 Å². The van der Waals surface area contributed by atoms with Crippen LogP contribution in [0.2, 0.25) is 0 Å². The van der Waals surface area contributed by atoms with Gasteiger partial charge in [0.15, 0.2) is 5.58 Å². The first-order valence-corrected chi connectivity index (χ1v) is 17.0. The molecule has 0 N–H and O–H groups in total. The Bertz CT molecular complexity index is 3060. The fourth-order valence-corrected chi connectivity index (χ4v) is 8.44. The van der Waals surface area contributed by atoms with Gasteiger partial charge in [0.25, 0.3) is 0 Å². The molecule has 11 rings (SSSR count). The van der Waals surface area contributed by atoms with Crippen molar-refractivity contribution in [1.29, 1.82) is 0 Å². The monoisotopic (exact) mass is 648 g/mol. The maximum atomic E-state index is 6.36. The van der Waals surface area contributed by atoms with E-state index in [-0.39, 0.29) is 0 Å². The molecule has 4 aromatic heterocycles. The van der Waals surface area contributed by atoms with Crippen molar-refractivity contribution in [3.8, 4) is 11.5 Å². The molecule has 0 amide bonds. The van der Waals surface area contributed by atoms with Gasteiger partial charge in [-0.2, -0.15) is 0 Å². The van der Waals surface area contributed by atoms with Crippen LogP contribution < -0.4 is 4.90 Å². The number of fused-ring (bicyclic) bond motifs is 10. The highest BCUT2D eigenvalue weighted by atomic mass is 32.1. The molecule has 0 aliphatic heterocycles. The quantitative estimate of drug-likeness (QED) is 0.190. The molecular weight excluding hydrogens is 625 g/mol. The minimum absolute atomic E-state index is 0.636. The average molecular weight is 649 g/mol. The predicted molar refractivity (Wildman–Crippen MR) is 202 cm³/mol. The fourth-order valence-electron chi connectivity index (χ4n) is 7.27. The minimum Gasteiger partial charge on any atom is -0.456 e. The highest BCUT2D eigenvalue weighted by Crippen LogP contribution is 2.45. The van der Waals surface area contributed by atoms with E-state index in [1.807, 2.05) is 48.5 Å². The number of hydrogen-bond donors (Lipinski definition) is 0. The van der Waals surface area contributed by atoms with E-state index in [0.717, 1.165) is 83.0 Å². The van der Waals surface area contributed by atoms with Crippen LogP contribution in [0.3, 0.4) is 0 Å². The molecule has 0 saturated carbocycles. The summed E-state index contributed by atoms with van der Waals surface area (Å²) in [5.41, 5.74) is 9.20. The van der Waals surface area contributed by atoms with Crippen molar-refractivity contribution < 1.29 is 13.3 Å². The van der Waals surface area contributed by atoms with Crippen LogP contribution in [-0.4, -0.2) is 4.98 Å². The Balaban J connectivity index is 1.12. The topological polar surface area (TPSA) is 55.6 Å². The predicted octanol–water partition coefficient (Wildman–Crippen LogP) is 13.1. The molecule has 4 heterocycles. The molecule has 0 unspecified atom stereocenters. The van der Waals surface area contributed by atoms with Crippen LogP contribution in [0, 0.1) is 0 Å². The summed E-state index contributed by atoms with van der Waals surface area (Å²) in [6.07, 6.45) is 0. The van der Waals surface area contributed by atoms with Crippen LogP contribution >= 0.6 is 11.3 Å². The van der Waals surface area contributed by atoms with E-state index in [9.17, 15) is 0 Å². The van der Waals surface area contributed by atoms with Gasteiger partial charge in [-0.1, -0.05) is 60.7 Å². The highest BCUT2D eigenvalue weighted by molar-refractivity contribution is 7.26. The number of oxazole rings is 1. The average Bonchev–Trinajstić information content (AvgIpc) is 3.92. The van der Waals surface area contributed by atoms with Crippen molar-refractivity contribution in [1.82, 2.24) is 4.98 Å². The third-order valence-corrected chi connectivity index (χ3v) is 10.6. The number of hydrogen-bond acceptors (Lipinski definition) is 6. The van der Waals surface area contributed by atoms with E-state index in [0.29, 0.717) is 5.89 Å². The van der Waals surface area contributed by atoms with Gasteiger partial charge in [-0.05, 0) is 78.9 Å². The molecule has 5 nitrogen and oxygen atoms in total. The van der Waals surface area contributed by atoms with Gasteiger partial charge in [0.2, 0.25) is 5.89 Å². The Morgan fingerprint density at radius 1 is 0.429 bits per heavy atom. The van der Waals surface area contributed by atoms with Gasteiger partial charge in [0.1, 0.15) is 27.8 Å². The first-order valence-electron chi connectivity index (χ1n) is 16.2. The van der Waals surface area contributed by atoms with Gasteiger partial charge >= 0.3 is 0 Å². The zero-order valence-electron chi connectivity index (χ0n) is 25.9. The molecule has 0 saturated heterocycles. The number of nitrogens with zero attached hydrogens (tertiary/aromatic N) is 2. The number of para-hydroxylation sites is 4. The number of benzene rings is 7. The lowest BCUT2D eigenvalue weighted by atomic mass is 10.0. The molecule has 0 spiro atoms. The summed E-state index contributed by atoms with van der Waals surface area (Å²) in [5.74, 6) is 0.636. The highest BCUT2D eigenvalue weighted by Gasteiger charge is 2.20. The van der Waals surface area contributed by atoms with Crippen LogP contribution in [0.15, 0.2) is 159 Å². The molecule has 0 aliphatic rings. The number of anilines is 3. The Labute approximate surface area is 282 Å². The van der Waals surface area contributed by atoms with Crippen molar-refractivity contribution in [3.63, 3.8) is 0 Å². The van der Waals surface area contributed by atoms with Crippen LogP contribution in [0.1, 0.15) is 0 Å². The SMILES string of the molecule is c1ccc2oc(-c3cccc4sc5cc(N(c6ccc7c(c6)oc6ccccc67)c6ccc7oc8ccccc8c7c6)ccc5c34)nc2c1. The van der Waals surface area contributed by atoms with E-state index in [1.165, 1.54) is 14.8 Å². The molecule has 0 fully saturated rings. The molecule has 0 bridgehead atoms. The van der Waals surface area contributed by atoms with Crippen molar-refractivity contribution in [2.24, 2.45) is 0 Å². The van der Waals surface area contributed by atoms with E-state index >= 15 is 0 Å². The molecule has 49 heavy (non-hydrogen) atoms. The molecule has 230 valence electrons. The standard InChI is InChI=1S/C43H24N2O3S/c1-4-12-35-28(8-1)30-19-16-26(23-39(30)47-35)45(25-18-21-37-33(22-25)29-9-2-5-13-36(29)46-37)27-17-20-31-41(24-27)49-40-15-7-10-32(42(31)40)43-44-34-11-3-6-14-38(34)48-43/h1-24H. The van der Waals surface area contributed by atoms with Crippen molar-refractivity contribution in [2.45, 2.75) is 0 Å². The summed E-state index contributed by atoms with van der Waals surface area (Å²) in [6.45, 7) is 0. The van der Waals surface area contributed by atoms with Gasteiger partial charge < -0.3 is 18.2 Å². The van der Waals surface area contributed by atoms with Gasteiger partial charge in [0.05, 0.1) is 0 Å². The van der Waals surface area contributed by atoms with Crippen LogP contribution in [-0.2, 0) is 0 Å². The smallest absolute Gasteiger partial charge is 0.227 e. The van der Waals surface area contributed by atoms with Crippen molar-refractivity contribution >= 4 is 104 Å². The molecule has 7 aromatic carbocycles. The zero-order chi connectivity index (χ0) is 32.1. The Hall–Kier alpha value is -6.37. The lowest BCUT2D eigenvalue weighted by Gasteiger charge is -2.25. The molecule has 0 atom stereocenters. The maximum Gasteiger partial charge on any atom is 0.227 e. The van der Waals surface area contributed by atoms with E-state index in [2.05, 4.69) is 102 Å². The largest absolute Gasteiger partial charge is 0.456 e.